The van der Waals surface area contributed by atoms with Crippen molar-refractivity contribution < 1.29 is 28.9 Å². The van der Waals surface area contributed by atoms with Gasteiger partial charge in [-0.15, -0.1) is 0 Å². The number of carbonyl (C=O) groups excluding carboxylic acids is 1. The molecule has 1 saturated heterocycles. The van der Waals surface area contributed by atoms with Gasteiger partial charge in [-0.3, -0.25) is 4.79 Å². The maximum absolute atomic E-state index is 12.4. The van der Waals surface area contributed by atoms with Gasteiger partial charge in [0.15, 0.2) is 0 Å². The maximum Gasteiger partial charge on any atom is 0.339 e. The summed E-state index contributed by atoms with van der Waals surface area (Å²) in [4.78, 5) is 23.7. The van der Waals surface area contributed by atoms with E-state index in [1.807, 2.05) is 0 Å². The van der Waals surface area contributed by atoms with Gasteiger partial charge in [0.25, 0.3) is 5.91 Å². The summed E-state index contributed by atoms with van der Waals surface area (Å²) in [6.07, 6.45) is 2.14. The summed E-state index contributed by atoms with van der Waals surface area (Å²) in [6.45, 7) is 1.43. The van der Waals surface area contributed by atoms with Crippen LogP contribution in [-0.2, 0) is 11.3 Å². The van der Waals surface area contributed by atoms with Crippen molar-refractivity contribution in [1.82, 2.24) is 5.32 Å². The van der Waals surface area contributed by atoms with Crippen molar-refractivity contribution in [2.24, 2.45) is 0 Å². The zero-order chi connectivity index (χ0) is 19.9. The number of ether oxygens (including phenoxy) is 3. The van der Waals surface area contributed by atoms with Gasteiger partial charge in [0.1, 0.15) is 23.7 Å². The van der Waals surface area contributed by atoms with Gasteiger partial charge in [0.2, 0.25) is 0 Å². The molecule has 1 fully saturated rings. The smallest absolute Gasteiger partial charge is 0.339 e. The summed E-state index contributed by atoms with van der Waals surface area (Å²) in [7, 11) is 1.41. The third-order valence-corrected chi connectivity index (χ3v) is 4.50. The molecule has 0 aromatic heterocycles. The first-order valence-corrected chi connectivity index (χ1v) is 9.09. The molecule has 0 saturated carbocycles. The first-order valence-electron chi connectivity index (χ1n) is 9.09. The van der Waals surface area contributed by atoms with Crippen LogP contribution in [-0.4, -0.2) is 43.4 Å². The maximum atomic E-state index is 12.4. The lowest BCUT2D eigenvalue weighted by Gasteiger charge is -2.12. The van der Waals surface area contributed by atoms with E-state index in [0.717, 1.165) is 19.4 Å². The average Bonchev–Trinajstić information content (AvgIpc) is 3.24. The predicted molar refractivity (Wildman–Crippen MR) is 102 cm³/mol. The Balaban J connectivity index is 1.59. The van der Waals surface area contributed by atoms with Crippen LogP contribution in [0.4, 0.5) is 0 Å². The molecule has 0 spiro atoms. The Morgan fingerprint density at radius 1 is 1.25 bits per heavy atom. The van der Waals surface area contributed by atoms with Crippen LogP contribution in [0.1, 0.15) is 39.1 Å². The highest BCUT2D eigenvalue weighted by molar-refractivity contribution is 5.94. The van der Waals surface area contributed by atoms with Crippen LogP contribution >= 0.6 is 0 Å². The molecule has 148 valence electrons. The zero-order valence-electron chi connectivity index (χ0n) is 15.6. The molecule has 1 aliphatic heterocycles. The van der Waals surface area contributed by atoms with Crippen LogP contribution in [0.25, 0.3) is 0 Å². The van der Waals surface area contributed by atoms with Crippen molar-refractivity contribution >= 4 is 11.9 Å². The highest BCUT2D eigenvalue weighted by atomic mass is 16.5. The molecule has 2 aromatic carbocycles. The van der Waals surface area contributed by atoms with E-state index in [4.69, 9.17) is 14.2 Å². The van der Waals surface area contributed by atoms with Gasteiger partial charge in [-0.1, -0.05) is 12.1 Å². The normalized spacial score (nSPS) is 15.8. The first kappa shape index (κ1) is 19.7. The number of hydrogen-bond donors (Lipinski definition) is 2. The van der Waals surface area contributed by atoms with Gasteiger partial charge in [-0.25, -0.2) is 4.79 Å². The van der Waals surface area contributed by atoms with Crippen LogP contribution in [0.15, 0.2) is 42.5 Å². The van der Waals surface area contributed by atoms with Crippen molar-refractivity contribution in [1.29, 1.82) is 0 Å². The molecule has 7 nitrogen and oxygen atoms in total. The summed E-state index contributed by atoms with van der Waals surface area (Å²) in [5.41, 5.74) is 1.19. The molecular formula is C21H23NO6. The molecule has 0 bridgehead atoms. The number of carbonyl (C=O) groups is 2. The van der Waals surface area contributed by atoms with Crippen LogP contribution in [0.2, 0.25) is 0 Å². The Hall–Kier alpha value is -3.06. The zero-order valence-corrected chi connectivity index (χ0v) is 15.6. The molecule has 3 rings (SSSR count). The highest BCUT2D eigenvalue weighted by Crippen LogP contribution is 2.20. The number of nitrogens with one attached hydrogen (secondary N) is 1. The topological polar surface area (TPSA) is 94.1 Å². The summed E-state index contributed by atoms with van der Waals surface area (Å²) >= 11 is 0. The van der Waals surface area contributed by atoms with Gasteiger partial charge in [0.05, 0.1) is 13.2 Å². The second-order valence-corrected chi connectivity index (χ2v) is 6.50. The minimum Gasteiger partial charge on any atom is -0.496 e. The molecule has 0 radical (unpaired) electrons. The first-order chi connectivity index (χ1) is 13.6. The van der Waals surface area contributed by atoms with E-state index in [2.05, 4.69) is 5.32 Å². The van der Waals surface area contributed by atoms with Gasteiger partial charge in [0, 0.05) is 18.7 Å². The van der Waals surface area contributed by atoms with Crippen LogP contribution in [0.5, 0.6) is 11.5 Å². The minimum atomic E-state index is -1.08. The van der Waals surface area contributed by atoms with Gasteiger partial charge < -0.3 is 24.6 Å². The fourth-order valence-electron chi connectivity index (χ4n) is 3.01. The molecule has 1 amide bonds. The van der Waals surface area contributed by atoms with Crippen LogP contribution < -0.4 is 14.8 Å². The molecular weight excluding hydrogens is 362 g/mol. The number of benzene rings is 2. The van der Waals surface area contributed by atoms with Crippen molar-refractivity contribution in [2.45, 2.75) is 25.5 Å². The van der Waals surface area contributed by atoms with Crippen molar-refractivity contribution in [3.05, 3.63) is 59.2 Å². The molecule has 0 unspecified atom stereocenters. The fraction of sp³-hybridized carbons (Fsp3) is 0.333. The van der Waals surface area contributed by atoms with E-state index >= 15 is 0 Å². The number of carboxylic acids is 1. The summed E-state index contributed by atoms with van der Waals surface area (Å²) in [6, 6.07) is 11.7. The Bertz CT molecular complexity index is 845. The summed E-state index contributed by atoms with van der Waals surface area (Å²) in [5.74, 6) is -0.462. The number of amides is 1. The molecule has 1 heterocycles. The van der Waals surface area contributed by atoms with Crippen LogP contribution in [0.3, 0.4) is 0 Å². The minimum absolute atomic E-state index is 0.0544. The molecule has 1 atom stereocenters. The number of aromatic carboxylic acids is 1. The summed E-state index contributed by atoms with van der Waals surface area (Å²) in [5, 5.41) is 12.0. The number of methoxy groups -OCH3 is 1. The van der Waals surface area contributed by atoms with E-state index < -0.39 is 5.97 Å². The van der Waals surface area contributed by atoms with E-state index in [1.54, 1.807) is 36.4 Å². The van der Waals surface area contributed by atoms with Crippen molar-refractivity contribution in [2.75, 3.05) is 20.3 Å². The van der Waals surface area contributed by atoms with E-state index in [1.165, 1.54) is 13.2 Å². The molecule has 1 aliphatic rings. The summed E-state index contributed by atoms with van der Waals surface area (Å²) < 4.78 is 16.3. The lowest BCUT2D eigenvalue weighted by Crippen LogP contribution is -2.23. The largest absolute Gasteiger partial charge is 0.496 e. The van der Waals surface area contributed by atoms with Gasteiger partial charge >= 0.3 is 5.97 Å². The molecule has 7 heteroatoms. The second kappa shape index (κ2) is 9.23. The van der Waals surface area contributed by atoms with Crippen molar-refractivity contribution in [3.8, 4) is 11.5 Å². The Kier molecular flexibility index (Phi) is 6.49. The molecule has 28 heavy (non-hydrogen) atoms. The monoisotopic (exact) mass is 385 g/mol. The predicted octanol–water partition coefficient (Wildman–Crippen LogP) is 2.88. The molecule has 2 N–H and O–H groups in total. The number of carboxylic acid groups (broad SMARTS) is 1. The third-order valence-electron chi connectivity index (χ3n) is 4.50. The standard InChI is InChI=1S/C21H23NO6/c1-26-19-8-7-14(10-18(19)21(24)25)12-22-20(23)15-4-2-5-16(11-15)28-13-17-6-3-9-27-17/h2,4-5,7-8,10-11,17H,3,6,9,12-13H2,1H3,(H,22,23)(H,24,25)/t17-/m0/s1. The highest BCUT2D eigenvalue weighted by Gasteiger charge is 2.16. The SMILES string of the molecule is COc1ccc(CNC(=O)c2cccc(OC[C@@H]3CCCO3)c2)cc1C(=O)O. The third kappa shape index (κ3) is 5.01. The molecule has 0 aliphatic carbocycles. The average molecular weight is 385 g/mol. The lowest BCUT2D eigenvalue weighted by atomic mass is 10.1. The van der Waals surface area contributed by atoms with Crippen molar-refractivity contribution in [3.63, 3.8) is 0 Å². The Morgan fingerprint density at radius 3 is 2.82 bits per heavy atom. The number of rotatable bonds is 8. The Labute approximate surface area is 163 Å². The fourth-order valence-corrected chi connectivity index (χ4v) is 3.01. The van der Waals surface area contributed by atoms with Crippen LogP contribution in [0, 0.1) is 0 Å². The van der Waals surface area contributed by atoms with Gasteiger partial charge in [-0.2, -0.15) is 0 Å². The van der Waals surface area contributed by atoms with E-state index in [9.17, 15) is 14.7 Å². The van der Waals surface area contributed by atoms with E-state index in [-0.39, 0.29) is 29.9 Å². The van der Waals surface area contributed by atoms with E-state index in [0.29, 0.717) is 23.5 Å². The second-order valence-electron chi connectivity index (χ2n) is 6.50. The lowest BCUT2D eigenvalue weighted by molar-refractivity contribution is 0.0679. The Morgan fingerprint density at radius 2 is 2.11 bits per heavy atom. The number of hydrogen-bond acceptors (Lipinski definition) is 5. The molecule has 2 aromatic rings. The van der Waals surface area contributed by atoms with Gasteiger partial charge in [-0.05, 0) is 48.7 Å². The quantitative estimate of drug-likeness (QED) is 0.726.